The van der Waals surface area contributed by atoms with Crippen molar-refractivity contribution in [2.75, 3.05) is 0 Å². The van der Waals surface area contributed by atoms with E-state index in [-0.39, 0.29) is 0 Å². The minimum atomic E-state index is 0.631. The summed E-state index contributed by atoms with van der Waals surface area (Å²) in [6, 6.07) is 7.63. The maximum atomic E-state index is 3.50. The molecule has 0 bridgehead atoms. The fourth-order valence-electron chi connectivity index (χ4n) is 2.33. The van der Waals surface area contributed by atoms with Crippen LogP contribution in [0.2, 0.25) is 0 Å². The number of nitrogens with one attached hydrogen (secondary N) is 1. The standard InChI is InChI=1S/C14H21N/c1-10(2)6-12-4-5-13-9-15-11(3)7-14(13)8-12/h4-5,8,10-11,15H,6-7,9H2,1-3H3. The highest BCUT2D eigenvalue weighted by Gasteiger charge is 2.14. The van der Waals surface area contributed by atoms with Crippen molar-refractivity contribution < 1.29 is 0 Å². The molecule has 82 valence electrons. The van der Waals surface area contributed by atoms with Crippen LogP contribution >= 0.6 is 0 Å². The lowest BCUT2D eigenvalue weighted by Gasteiger charge is -2.23. The van der Waals surface area contributed by atoms with Crippen molar-refractivity contribution in [1.82, 2.24) is 5.32 Å². The first kappa shape index (κ1) is 10.7. The molecule has 1 N–H and O–H groups in total. The largest absolute Gasteiger partial charge is 0.310 e. The van der Waals surface area contributed by atoms with Gasteiger partial charge in [-0.15, -0.1) is 0 Å². The summed E-state index contributed by atoms with van der Waals surface area (Å²) in [7, 11) is 0. The van der Waals surface area contributed by atoms with Gasteiger partial charge in [0.25, 0.3) is 0 Å². The SMILES string of the molecule is CC(C)Cc1ccc2c(c1)CC(C)NC2. The van der Waals surface area contributed by atoms with Crippen LogP contribution in [0.1, 0.15) is 37.5 Å². The van der Waals surface area contributed by atoms with E-state index < -0.39 is 0 Å². The molecule has 1 atom stereocenters. The summed E-state index contributed by atoms with van der Waals surface area (Å²) < 4.78 is 0. The molecule has 1 nitrogen and oxygen atoms in total. The van der Waals surface area contributed by atoms with Gasteiger partial charge in [0.05, 0.1) is 0 Å². The Hall–Kier alpha value is -0.820. The average Bonchev–Trinajstić information content (AvgIpc) is 2.16. The van der Waals surface area contributed by atoms with Gasteiger partial charge in [0.15, 0.2) is 0 Å². The molecule has 0 saturated heterocycles. The predicted octanol–water partition coefficient (Wildman–Crippen LogP) is 2.92. The molecule has 0 saturated carbocycles. The van der Waals surface area contributed by atoms with Crippen LogP contribution in [-0.4, -0.2) is 6.04 Å². The molecule has 0 fully saturated rings. The summed E-state index contributed by atoms with van der Waals surface area (Å²) in [6.45, 7) is 7.86. The molecule has 0 aromatic heterocycles. The highest BCUT2D eigenvalue weighted by molar-refractivity contribution is 5.34. The molecule has 0 amide bonds. The third-order valence-corrected chi connectivity index (χ3v) is 3.08. The van der Waals surface area contributed by atoms with Gasteiger partial charge in [-0.1, -0.05) is 32.0 Å². The molecular formula is C14H21N. The van der Waals surface area contributed by atoms with E-state index in [1.165, 1.54) is 24.0 Å². The van der Waals surface area contributed by atoms with E-state index in [9.17, 15) is 0 Å². The van der Waals surface area contributed by atoms with Crippen molar-refractivity contribution >= 4 is 0 Å². The highest BCUT2D eigenvalue weighted by Crippen LogP contribution is 2.20. The Labute approximate surface area is 92.9 Å². The van der Waals surface area contributed by atoms with Gasteiger partial charge >= 0.3 is 0 Å². The third kappa shape index (κ3) is 2.60. The van der Waals surface area contributed by atoms with E-state index in [4.69, 9.17) is 0 Å². The zero-order valence-corrected chi connectivity index (χ0v) is 10.0. The predicted molar refractivity (Wildman–Crippen MR) is 65.0 cm³/mol. The van der Waals surface area contributed by atoms with E-state index in [1.807, 2.05) is 0 Å². The van der Waals surface area contributed by atoms with Crippen molar-refractivity contribution in [2.24, 2.45) is 5.92 Å². The van der Waals surface area contributed by atoms with Crippen LogP contribution in [0, 0.1) is 5.92 Å². The summed E-state index contributed by atoms with van der Waals surface area (Å²) in [5.74, 6) is 0.752. The zero-order valence-electron chi connectivity index (χ0n) is 10.0. The molecule has 2 rings (SSSR count). The van der Waals surface area contributed by atoms with Gasteiger partial charge in [-0.2, -0.15) is 0 Å². The monoisotopic (exact) mass is 203 g/mol. The fraction of sp³-hybridized carbons (Fsp3) is 0.571. The molecule has 1 aromatic carbocycles. The fourth-order valence-corrected chi connectivity index (χ4v) is 2.33. The van der Waals surface area contributed by atoms with Crippen molar-refractivity contribution in [3.8, 4) is 0 Å². The highest BCUT2D eigenvalue weighted by atomic mass is 14.9. The minimum Gasteiger partial charge on any atom is -0.310 e. The molecule has 0 spiro atoms. The van der Waals surface area contributed by atoms with Gasteiger partial charge in [0, 0.05) is 12.6 Å². The van der Waals surface area contributed by atoms with E-state index in [0.717, 1.165) is 12.5 Å². The zero-order chi connectivity index (χ0) is 10.8. The summed E-state index contributed by atoms with van der Waals surface area (Å²) in [4.78, 5) is 0. The Kier molecular flexibility index (Phi) is 3.11. The molecule has 0 radical (unpaired) electrons. The lowest BCUT2D eigenvalue weighted by atomic mass is 9.92. The molecule has 1 aromatic rings. The number of fused-ring (bicyclic) bond motifs is 1. The molecule has 1 heteroatoms. The first-order valence-corrected chi connectivity index (χ1v) is 5.99. The van der Waals surface area contributed by atoms with Gasteiger partial charge in [0.2, 0.25) is 0 Å². The molecular weight excluding hydrogens is 182 g/mol. The van der Waals surface area contributed by atoms with Gasteiger partial charge in [-0.3, -0.25) is 0 Å². The van der Waals surface area contributed by atoms with E-state index >= 15 is 0 Å². The van der Waals surface area contributed by atoms with Crippen molar-refractivity contribution in [3.63, 3.8) is 0 Å². The van der Waals surface area contributed by atoms with Gasteiger partial charge in [-0.25, -0.2) is 0 Å². The Morgan fingerprint density at radius 3 is 2.87 bits per heavy atom. The minimum absolute atomic E-state index is 0.631. The van der Waals surface area contributed by atoms with Crippen molar-refractivity contribution in [3.05, 3.63) is 34.9 Å². The lowest BCUT2D eigenvalue weighted by molar-refractivity contribution is 0.512. The van der Waals surface area contributed by atoms with Crippen LogP contribution in [0.5, 0.6) is 0 Å². The van der Waals surface area contributed by atoms with E-state index in [1.54, 1.807) is 5.56 Å². The average molecular weight is 203 g/mol. The molecule has 0 aliphatic carbocycles. The van der Waals surface area contributed by atoms with Crippen LogP contribution in [0.15, 0.2) is 18.2 Å². The summed E-state index contributed by atoms with van der Waals surface area (Å²) in [6.07, 6.45) is 2.39. The van der Waals surface area contributed by atoms with Crippen LogP contribution < -0.4 is 5.32 Å². The lowest BCUT2D eigenvalue weighted by Crippen LogP contribution is -2.32. The molecule has 1 aliphatic rings. The Balaban J connectivity index is 2.20. The summed E-state index contributed by atoms with van der Waals surface area (Å²) >= 11 is 0. The Morgan fingerprint density at radius 2 is 2.13 bits per heavy atom. The summed E-state index contributed by atoms with van der Waals surface area (Å²) in [5.41, 5.74) is 4.54. The van der Waals surface area contributed by atoms with Crippen LogP contribution in [0.25, 0.3) is 0 Å². The quantitative estimate of drug-likeness (QED) is 0.779. The van der Waals surface area contributed by atoms with Gasteiger partial charge < -0.3 is 5.32 Å². The number of rotatable bonds is 2. The molecule has 1 aliphatic heterocycles. The third-order valence-electron chi connectivity index (χ3n) is 3.08. The topological polar surface area (TPSA) is 12.0 Å². The van der Waals surface area contributed by atoms with Gasteiger partial charge in [0.1, 0.15) is 0 Å². The summed E-state index contributed by atoms with van der Waals surface area (Å²) in [5, 5.41) is 3.50. The second-order valence-corrected chi connectivity index (χ2v) is 5.19. The number of hydrogen-bond donors (Lipinski definition) is 1. The maximum absolute atomic E-state index is 3.50. The maximum Gasteiger partial charge on any atom is 0.0210 e. The van der Waals surface area contributed by atoms with Crippen molar-refractivity contribution in [2.45, 2.75) is 46.2 Å². The normalized spacial score (nSPS) is 20.4. The molecule has 1 unspecified atom stereocenters. The van der Waals surface area contributed by atoms with Gasteiger partial charge in [-0.05, 0) is 42.4 Å². The number of hydrogen-bond acceptors (Lipinski definition) is 1. The molecule has 1 heterocycles. The second-order valence-electron chi connectivity index (χ2n) is 5.19. The van der Waals surface area contributed by atoms with Crippen LogP contribution in [0.4, 0.5) is 0 Å². The number of benzene rings is 1. The first-order chi connectivity index (χ1) is 7.15. The van der Waals surface area contributed by atoms with E-state index in [2.05, 4.69) is 44.3 Å². The Morgan fingerprint density at radius 1 is 1.33 bits per heavy atom. The van der Waals surface area contributed by atoms with E-state index in [0.29, 0.717) is 6.04 Å². The second kappa shape index (κ2) is 4.36. The molecule has 15 heavy (non-hydrogen) atoms. The Bertz CT molecular complexity index is 341. The van der Waals surface area contributed by atoms with Crippen LogP contribution in [0.3, 0.4) is 0 Å². The van der Waals surface area contributed by atoms with Crippen LogP contribution in [-0.2, 0) is 19.4 Å². The van der Waals surface area contributed by atoms with Crippen molar-refractivity contribution in [1.29, 1.82) is 0 Å². The smallest absolute Gasteiger partial charge is 0.0210 e. The first-order valence-electron chi connectivity index (χ1n) is 5.99.